The van der Waals surface area contributed by atoms with Gasteiger partial charge in [-0.15, -0.1) is 0 Å². The normalized spacial score (nSPS) is 23.1. The van der Waals surface area contributed by atoms with E-state index in [2.05, 4.69) is 17.6 Å². The maximum Gasteiger partial charge on any atom is 0.324 e. The van der Waals surface area contributed by atoms with E-state index in [1.165, 1.54) is 77.7 Å². The molecule has 1 saturated heterocycles. The quantitative estimate of drug-likeness (QED) is 0.0852. The van der Waals surface area contributed by atoms with Crippen molar-refractivity contribution in [2.45, 2.75) is 121 Å². The van der Waals surface area contributed by atoms with Gasteiger partial charge in [0.25, 0.3) is 0 Å². The Hall–Kier alpha value is -0.215. The Labute approximate surface area is 232 Å². The van der Waals surface area contributed by atoms with E-state index >= 15 is 0 Å². The maximum atomic E-state index is 12.1. The monoisotopic (exact) mass is 562 g/mol. The van der Waals surface area contributed by atoms with Gasteiger partial charge in [0, 0.05) is 39.2 Å². The van der Waals surface area contributed by atoms with Gasteiger partial charge in [0.1, 0.15) is 20.1 Å². The fourth-order valence-electron chi connectivity index (χ4n) is 4.76. The largest absolute Gasteiger partial charge is 0.382 e. The summed E-state index contributed by atoms with van der Waals surface area (Å²) in [5, 5.41) is 5.83. The third kappa shape index (κ3) is 16.5. The van der Waals surface area contributed by atoms with Gasteiger partial charge in [0.15, 0.2) is 0 Å². The number of carbonyl (C=O) groups excluding carboxylic acids is 1. The van der Waals surface area contributed by atoms with Crippen molar-refractivity contribution in [3.8, 4) is 0 Å². The highest BCUT2D eigenvalue weighted by Gasteiger charge is 2.44. The Kier molecular flexibility index (Phi) is 20.3. The third-order valence-corrected chi connectivity index (χ3v) is 8.60. The summed E-state index contributed by atoms with van der Waals surface area (Å²) < 4.78 is 21.6. The summed E-state index contributed by atoms with van der Waals surface area (Å²) in [6, 6.07) is -0.720. The Morgan fingerprint density at radius 2 is 1.43 bits per heavy atom. The van der Waals surface area contributed by atoms with E-state index < -0.39 is 24.9 Å². The Bertz CT molecular complexity index is 636. The van der Waals surface area contributed by atoms with Gasteiger partial charge in [-0.3, -0.25) is 0 Å². The van der Waals surface area contributed by atoms with Crippen LogP contribution in [-0.2, 0) is 30.3 Å². The van der Waals surface area contributed by atoms with Crippen molar-refractivity contribution < 1.29 is 28.2 Å². The molecule has 11 heteroatoms. The number of carbonyl (C=O) groups is 1. The first kappa shape index (κ1) is 34.8. The first-order valence-corrected chi connectivity index (χ1v) is 16.9. The second-order valence-electron chi connectivity index (χ2n) is 10.0. The second kappa shape index (κ2) is 21.6. The highest BCUT2D eigenvalue weighted by Crippen LogP contribution is 2.48. The van der Waals surface area contributed by atoms with E-state index in [4.69, 9.17) is 38.2 Å². The fourth-order valence-corrected chi connectivity index (χ4v) is 5.74. The molecule has 3 N–H and O–H groups in total. The maximum absolute atomic E-state index is 12.1. The SMILES string of the molecule is [B][C@@H]1O[C@H](COC)[C@H](OP(O)(=S)OC)C1CCCNC(=O)NCCCCCCCCCCCCCCC. The predicted molar refractivity (Wildman–Crippen MR) is 154 cm³/mol. The lowest BCUT2D eigenvalue weighted by molar-refractivity contribution is -0.0147. The van der Waals surface area contributed by atoms with Crippen LogP contribution in [-0.4, -0.2) is 70.9 Å². The van der Waals surface area contributed by atoms with Crippen LogP contribution < -0.4 is 10.6 Å². The van der Waals surface area contributed by atoms with Gasteiger partial charge in [0.05, 0.1) is 6.61 Å². The average Bonchev–Trinajstić information content (AvgIpc) is 3.15. The van der Waals surface area contributed by atoms with E-state index in [9.17, 15) is 9.69 Å². The molecule has 1 rings (SSSR count). The molecule has 0 aromatic heterocycles. The molecule has 0 saturated carbocycles. The van der Waals surface area contributed by atoms with Gasteiger partial charge in [-0.25, -0.2) is 4.79 Å². The summed E-state index contributed by atoms with van der Waals surface area (Å²) in [5.41, 5.74) is 0. The Morgan fingerprint density at radius 3 is 1.95 bits per heavy atom. The molecular weight excluding hydrogens is 510 g/mol. The molecule has 8 nitrogen and oxygen atoms in total. The minimum atomic E-state index is -3.37. The van der Waals surface area contributed by atoms with Crippen LogP contribution >= 0.6 is 6.72 Å². The average molecular weight is 563 g/mol. The molecule has 5 atom stereocenters. The van der Waals surface area contributed by atoms with Crippen LogP contribution in [0.1, 0.15) is 103 Å². The molecule has 0 aliphatic carbocycles. The Morgan fingerprint density at radius 1 is 0.919 bits per heavy atom. The lowest BCUT2D eigenvalue weighted by atomic mass is 9.82. The van der Waals surface area contributed by atoms with E-state index in [1.807, 2.05) is 0 Å². The zero-order valence-electron chi connectivity index (χ0n) is 23.5. The number of unbranched alkanes of at least 4 members (excludes halogenated alkanes) is 12. The van der Waals surface area contributed by atoms with Crippen molar-refractivity contribution >= 4 is 32.4 Å². The number of nitrogens with one attached hydrogen (secondary N) is 2. The summed E-state index contributed by atoms with van der Waals surface area (Å²) in [6.07, 6.45) is 17.4. The zero-order chi connectivity index (χ0) is 27.4. The van der Waals surface area contributed by atoms with Crippen LogP contribution in [0.4, 0.5) is 4.79 Å². The van der Waals surface area contributed by atoms with Crippen LogP contribution in [0.3, 0.4) is 0 Å². The van der Waals surface area contributed by atoms with Crippen molar-refractivity contribution in [2.75, 3.05) is 33.9 Å². The van der Waals surface area contributed by atoms with Crippen molar-refractivity contribution in [3.63, 3.8) is 0 Å². The number of urea groups is 1. The summed E-state index contributed by atoms with van der Waals surface area (Å²) in [4.78, 5) is 22.2. The van der Waals surface area contributed by atoms with Crippen LogP contribution in [0, 0.1) is 5.92 Å². The molecule has 2 radical (unpaired) electrons. The fraction of sp³-hybridized carbons (Fsp3) is 0.962. The highest BCUT2D eigenvalue weighted by molar-refractivity contribution is 8.07. The number of hydrogen-bond donors (Lipinski definition) is 3. The molecule has 0 aromatic rings. The number of methoxy groups -OCH3 is 1. The van der Waals surface area contributed by atoms with Gasteiger partial charge in [-0.1, -0.05) is 84.0 Å². The summed E-state index contributed by atoms with van der Waals surface area (Å²) in [7, 11) is 9.03. The molecule has 1 aliphatic heterocycles. The van der Waals surface area contributed by atoms with Gasteiger partial charge >= 0.3 is 12.7 Å². The van der Waals surface area contributed by atoms with Crippen LogP contribution in [0.5, 0.6) is 0 Å². The Balaban J connectivity index is 2.07. The van der Waals surface area contributed by atoms with Gasteiger partial charge in [0.2, 0.25) is 0 Å². The standard InChI is InChI=1S/C26H52BN2O6PS/c1-4-5-6-7-8-9-10-11-12-13-14-15-16-19-28-26(30)29-20-17-18-22-24(35-36(31,37)33-3)23(21-32-2)34-25(22)27/h22-25H,4-21H2,1-3H3,(H,31,37)(H2,28,29,30)/t22?,23-,24-,25-,36?/m1/s1. The minimum absolute atomic E-state index is 0.152. The predicted octanol–water partition coefficient (Wildman–Crippen LogP) is 5.56. The second-order valence-corrected chi connectivity index (χ2v) is 12.9. The zero-order valence-corrected chi connectivity index (χ0v) is 25.2. The van der Waals surface area contributed by atoms with E-state index in [0.717, 1.165) is 12.8 Å². The van der Waals surface area contributed by atoms with Crippen molar-refractivity contribution in [2.24, 2.45) is 5.92 Å². The van der Waals surface area contributed by atoms with Crippen molar-refractivity contribution in [3.05, 3.63) is 0 Å². The van der Waals surface area contributed by atoms with Gasteiger partial charge in [-0.05, 0) is 31.1 Å². The number of hydrogen-bond acceptors (Lipinski definition) is 6. The van der Waals surface area contributed by atoms with E-state index in [0.29, 0.717) is 25.9 Å². The molecule has 216 valence electrons. The first-order chi connectivity index (χ1) is 17.8. The van der Waals surface area contributed by atoms with Crippen LogP contribution in [0.2, 0.25) is 0 Å². The van der Waals surface area contributed by atoms with Crippen LogP contribution in [0.25, 0.3) is 0 Å². The number of rotatable bonds is 23. The number of ether oxygens (including phenoxy) is 2. The molecular formula is C26H52BN2O6PS. The molecule has 2 unspecified atom stereocenters. The third-order valence-electron chi connectivity index (χ3n) is 6.92. The smallest absolute Gasteiger partial charge is 0.324 e. The minimum Gasteiger partial charge on any atom is -0.382 e. The van der Waals surface area contributed by atoms with Crippen molar-refractivity contribution in [1.29, 1.82) is 0 Å². The lowest BCUT2D eigenvalue weighted by Gasteiger charge is -2.27. The first-order valence-electron chi connectivity index (χ1n) is 14.3. The van der Waals surface area contributed by atoms with Gasteiger partial charge < -0.3 is 34.0 Å². The topological polar surface area (TPSA) is 98.3 Å². The lowest BCUT2D eigenvalue weighted by Crippen LogP contribution is -2.37. The van der Waals surface area contributed by atoms with Crippen LogP contribution in [0.15, 0.2) is 0 Å². The summed E-state index contributed by atoms with van der Waals surface area (Å²) >= 11 is 5.01. The van der Waals surface area contributed by atoms with E-state index in [1.54, 1.807) is 7.11 Å². The molecule has 37 heavy (non-hydrogen) atoms. The molecule has 1 fully saturated rings. The molecule has 2 amide bonds. The molecule has 1 aliphatic rings. The number of amides is 2. The molecule has 0 bridgehead atoms. The summed E-state index contributed by atoms with van der Waals surface area (Å²) in [5.74, 6) is -0.194. The molecule has 0 spiro atoms. The van der Waals surface area contributed by atoms with E-state index in [-0.39, 0.29) is 18.6 Å². The summed E-state index contributed by atoms with van der Waals surface area (Å²) in [6.45, 7) is 0.359. The van der Waals surface area contributed by atoms with Crippen molar-refractivity contribution in [1.82, 2.24) is 10.6 Å². The molecule has 1 heterocycles. The highest BCUT2D eigenvalue weighted by atomic mass is 32.5. The van der Waals surface area contributed by atoms with Gasteiger partial charge in [-0.2, -0.15) is 0 Å². The molecule has 0 aromatic carbocycles.